The van der Waals surface area contributed by atoms with Crippen molar-refractivity contribution < 1.29 is 17.9 Å². The zero-order valence-corrected chi connectivity index (χ0v) is 28.7. The average Bonchev–Trinajstić information content (AvgIpc) is 3.50. The Bertz CT molecular complexity index is 1600. The number of fused-ring (bicyclic) bond motifs is 4. The van der Waals surface area contributed by atoms with Gasteiger partial charge in [0, 0.05) is 0 Å². The first-order valence-corrected chi connectivity index (χ1v) is 24.7. The fourth-order valence-corrected chi connectivity index (χ4v) is 23.7. The molecule has 0 nitrogen and oxygen atoms in total. The van der Waals surface area contributed by atoms with Gasteiger partial charge in [0.15, 0.2) is 0 Å². The third-order valence-corrected chi connectivity index (χ3v) is 23.1. The molecule has 0 N–H and O–H groups in total. The van der Waals surface area contributed by atoms with Crippen molar-refractivity contribution in [3.05, 3.63) is 107 Å². The molecular formula is C35H36Cl2SiZr. The summed E-state index contributed by atoms with van der Waals surface area (Å²) in [7, 11) is 15.2. The van der Waals surface area contributed by atoms with E-state index in [9.17, 15) is 0 Å². The molecule has 1 aliphatic carbocycles. The van der Waals surface area contributed by atoms with Gasteiger partial charge in [-0.3, -0.25) is 0 Å². The molecule has 4 heteroatoms. The third kappa shape index (κ3) is 4.70. The molecule has 0 saturated heterocycles. The second kappa shape index (κ2) is 10.9. The average molecular weight is 647 g/mol. The van der Waals surface area contributed by atoms with E-state index in [-0.39, 0.29) is 3.63 Å². The van der Waals surface area contributed by atoms with Gasteiger partial charge in [-0.25, -0.2) is 0 Å². The van der Waals surface area contributed by atoms with Crippen LogP contribution in [0.15, 0.2) is 84.4 Å². The van der Waals surface area contributed by atoms with E-state index in [4.69, 9.17) is 17.0 Å². The molecule has 2 aliphatic rings. The van der Waals surface area contributed by atoms with E-state index in [2.05, 4.69) is 113 Å². The van der Waals surface area contributed by atoms with Gasteiger partial charge in [0.1, 0.15) is 0 Å². The van der Waals surface area contributed by atoms with Crippen LogP contribution in [0.5, 0.6) is 0 Å². The molecule has 39 heavy (non-hydrogen) atoms. The molecule has 0 fully saturated rings. The standard InChI is InChI=1S/C23H27.C12H9Si.2ClH.Zr/c1-5-6-10-18-14-19-12-13-20(16(2)3)23(22(19)15-18)21-11-8-7-9-17(21)4;1-3-7-11-9(5-1)10-6-2-4-8-12(10)13-11;;;/h7-9,11-16H,5-6,10H2,1-4H3;1-7H,13H2;2*1H;/q;;;;+2/p-2. The number of aryl methyl sites for hydroxylation is 1. The van der Waals surface area contributed by atoms with Crippen molar-refractivity contribution in [2.24, 2.45) is 0 Å². The van der Waals surface area contributed by atoms with Crippen LogP contribution in [0.25, 0.3) is 28.3 Å². The molecule has 0 amide bonds. The Kier molecular flexibility index (Phi) is 7.71. The van der Waals surface area contributed by atoms with Crippen LogP contribution in [0.1, 0.15) is 71.8 Å². The molecule has 1 atom stereocenters. The second-order valence-electron chi connectivity index (χ2n) is 11.5. The van der Waals surface area contributed by atoms with Gasteiger partial charge in [-0.15, -0.1) is 0 Å². The number of hydrogen-bond donors (Lipinski definition) is 0. The molecule has 4 aromatic rings. The first-order valence-electron chi connectivity index (χ1n) is 14.3. The van der Waals surface area contributed by atoms with Crippen LogP contribution in [0.4, 0.5) is 0 Å². The van der Waals surface area contributed by atoms with Gasteiger partial charge in [0.25, 0.3) is 0 Å². The fraction of sp³-hybridized carbons (Fsp3) is 0.257. The summed E-state index contributed by atoms with van der Waals surface area (Å²) in [6.45, 7) is 9.12. The SMILES string of the molecule is CCCCC1=Cc2c(ccc(C(C)C)c2-c2ccccc2C)[CH]1[Zr]([Cl])([Cl])[c]1cccc2c1[SiH2]c1ccccc1-2. The first kappa shape index (κ1) is 27.5. The number of hydrogen-bond acceptors (Lipinski definition) is 0. The maximum absolute atomic E-state index is 7.88. The van der Waals surface area contributed by atoms with E-state index in [0.29, 0.717) is 5.92 Å². The summed E-state index contributed by atoms with van der Waals surface area (Å²) in [6.07, 6.45) is 5.88. The third-order valence-electron chi connectivity index (χ3n) is 8.75. The van der Waals surface area contributed by atoms with E-state index < -0.39 is 27.4 Å². The van der Waals surface area contributed by atoms with Crippen LogP contribution in [0.2, 0.25) is 0 Å². The van der Waals surface area contributed by atoms with Crippen LogP contribution in [-0.4, -0.2) is 9.52 Å². The van der Waals surface area contributed by atoms with Gasteiger partial charge in [-0.1, -0.05) is 0 Å². The summed E-state index contributed by atoms with van der Waals surface area (Å²) >= 11 is -3.97. The minimum absolute atomic E-state index is 0.136. The van der Waals surface area contributed by atoms with Gasteiger partial charge in [0.05, 0.1) is 0 Å². The first-order chi connectivity index (χ1) is 18.8. The number of halogens is 2. The van der Waals surface area contributed by atoms with Gasteiger partial charge >= 0.3 is 250 Å². The van der Waals surface area contributed by atoms with Crippen LogP contribution >= 0.6 is 17.0 Å². The van der Waals surface area contributed by atoms with Gasteiger partial charge in [0.2, 0.25) is 0 Å². The van der Waals surface area contributed by atoms with Crippen molar-refractivity contribution in [1.82, 2.24) is 0 Å². The van der Waals surface area contributed by atoms with Crippen molar-refractivity contribution in [2.45, 2.75) is 56.5 Å². The summed E-state index contributed by atoms with van der Waals surface area (Å²) in [4.78, 5) is 0. The molecule has 0 saturated carbocycles. The summed E-state index contributed by atoms with van der Waals surface area (Å²) in [5.74, 6) is 0.429. The van der Waals surface area contributed by atoms with E-state index in [1.54, 1.807) is 0 Å². The van der Waals surface area contributed by atoms with Crippen molar-refractivity contribution in [2.75, 3.05) is 0 Å². The monoisotopic (exact) mass is 644 g/mol. The predicted molar refractivity (Wildman–Crippen MR) is 172 cm³/mol. The molecule has 0 spiro atoms. The quantitative estimate of drug-likeness (QED) is 0.156. The molecule has 0 aromatic heterocycles. The predicted octanol–water partition coefficient (Wildman–Crippen LogP) is 8.30. The Balaban J connectivity index is 1.55. The Labute approximate surface area is 247 Å². The molecule has 0 bridgehead atoms. The number of unbranched alkanes of at least 4 members (excludes halogenated alkanes) is 1. The van der Waals surface area contributed by atoms with Gasteiger partial charge < -0.3 is 0 Å². The molecule has 1 aliphatic heterocycles. The van der Waals surface area contributed by atoms with Crippen LogP contribution in [-0.2, 0) is 17.9 Å². The fourth-order valence-electron chi connectivity index (χ4n) is 6.81. The summed E-state index contributed by atoms with van der Waals surface area (Å²) in [6, 6.07) is 29.3. The normalized spacial score (nSPS) is 16.4. The van der Waals surface area contributed by atoms with Crippen molar-refractivity contribution in [3.63, 3.8) is 0 Å². The molecule has 6 rings (SSSR count). The van der Waals surface area contributed by atoms with Gasteiger partial charge in [-0.05, 0) is 0 Å². The Hall–Kier alpha value is -1.70. The molecule has 4 aromatic carbocycles. The second-order valence-corrected chi connectivity index (χ2v) is 27.4. The maximum atomic E-state index is 7.88. The number of benzene rings is 4. The Morgan fingerprint density at radius 1 is 0.846 bits per heavy atom. The van der Waals surface area contributed by atoms with Crippen molar-refractivity contribution >= 4 is 46.3 Å². The number of rotatable bonds is 7. The minimum atomic E-state index is -3.97. The van der Waals surface area contributed by atoms with Crippen molar-refractivity contribution in [3.8, 4) is 22.3 Å². The molecule has 0 radical (unpaired) electrons. The van der Waals surface area contributed by atoms with Gasteiger partial charge in [-0.2, -0.15) is 0 Å². The van der Waals surface area contributed by atoms with Crippen LogP contribution in [0, 0.1) is 6.92 Å². The summed E-state index contributed by atoms with van der Waals surface area (Å²) in [5, 5.41) is 3.02. The van der Waals surface area contributed by atoms with Crippen LogP contribution in [0.3, 0.4) is 0 Å². The van der Waals surface area contributed by atoms with E-state index >= 15 is 0 Å². The topological polar surface area (TPSA) is 0 Å². The molecule has 1 unspecified atom stereocenters. The summed E-state index contributed by atoms with van der Waals surface area (Å²) in [5.41, 5.74) is 12.4. The number of allylic oxidation sites excluding steroid dienone is 1. The zero-order chi connectivity index (χ0) is 27.3. The molecular weight excluding hydrogens is 611 g/mol. The van der Waals surface area contributed by atoms with E-state index in [1.165, 1.54) is 70.1 Å². The van der Waals surface area contributed by atoms with Crippen LogP contribution < -0.4 is 13.6 Å². The zero-order valence-electron chi connectivity index (χ0n) is 23.3. The Morgan fingerprint density at radius 2 is 1.56 bits per heavy atom. The Morgan fingerprint density at radius 3 is 2.31 bits per heavy atom. The molecule has 198 valence electrons. The van der Waals surface area contributed by atoms with Crippen molar-refractivity contribution in [1.29, 1.82) is 0 Å². The van der Waals surface area contributed by atoms with E-state index in [1.807, 2.05) is 0 Å². The summed E-state index contributed by atoms with van der Waals surface area (Å²) < 4.78 is 1.45. The van der Waals surface area contributed by atoms with E-state index in [0.717, 1.165) is 12.8 Å². The molecule has 1 heterocycles.